The van der Waals surface area contributed by atoms with E-state index in [1.54, 1.807) is 136 Å². The molecule has 30 heteroatoms. The molecule has 4 N–H and O–H groups in total. The second kappa shape index (κ2) is 28.6. The number of pyridine rings is 1. The van der Waals surface area contributed by atoms with Gasteiger partial charge in [0.1, 0.15) is 37.9 Å². The van der Waals surface area contributed by atoms with E-state index < -0.39 is 55.0 Å². The highest BCUT2D eigenvalue weighted by atomic mass is 32.2. The van der Waals surface area contributed by atoms with Gasteiger partial charge in [0, 0.05) is 33.8 Å². The van der Waals surface area contributed by atoms with Gasteiger partial charge in [0.15, 0.2) is 40.5 Å². The maximum absolute atomic E-state index is 13.7. The van der Waals surface area contributed by atoms with Crippen LogP contribution in [0.1, 0.15) is 86.3 Å². The van der Waals surface area contributed by atoms with E-state index in [9.17, 15) is 45.9 Å². The number of fused-ring (bicyclic) bond motifs is 5. The summed E-state index contributed by atoms with van der Waals surface area (Å²) >= 11 is 2.09. The first-order valence-electron chi connectivity index (χ1n) is 30.7. The van der Waals surface area contributed by atoms with Gasteiger partial charge in [-0.25, -0.2) is 31.0 Å². The van der Waals surface area contributed by atoms with Crippen molar-refractivity contribution in [3.05, 3.63) is 216 Å². The predicted octanol–water partition coefficient (Wildman–Crippen LogP) is 11.2. The molecule has 0 aliphatic carbocycles. The fraction of sp³-hybridized carbons (Fsp3) is 0.200. The second-order valence-corrected chi connectivity index (χ2v) is 27.8. The van der Waals surface area contributed by atoms with Crippen LogP contribution in [0.2, 0.25) is 0 Å². The van der Waals surface area contributed by atoms with Gasteiger partial charge in [-0.1, -0.05) is 56.3 Å². The summed E-state index contributed by atoms with van der Waals surface area (Å²) in [4.78, 5) is 65.4. The molecular formula is C70H62N8O18S4. The smallest absolute Gasteiger partial charge is 0.342 e. The number of carboxylic acids is 1. The Morgan fingerprint density at radius 1 is 0.680 bits per heavy atom. The minimum absolute atomic E-state index is 0.0259. The average Bonchev–Trinajstić information content (AvgIpc) is 0.803. The summed E-state index contributed by atoms with van der Waals surface area (Å²) in [5.41, 5.74) is 5.75. The lowest BCUT2D eigenvalue weighted by Crippen LogP contribution is -2.42. The molecule has 3 aliphatic heterocycles. The Bertz CT molecular complexity index is 5400. The number of rotatable bonds is 18. The molecule has 1 unspecified atom stereocenters. The first kappa shape index (κ1) is 68.6. The molecule has 514 valence electrons. The lowest BCUT2D eigenvalue weighted by molar-refractivity contribution is -0.121. The van der Waals surface area contributed by atoms with Crippen LogP contribution in [-0.2, 0) is 31.4 Å². The molecule has 0 spiro atoms. The van der Waals surface area contributed by atoms with Crippen LogP contribution in [0.4, 0.5) is 11.4 Å². The van der Waals surface area contributed by atoms with Gasteiger partial charge in [-0.3, -0.25) is 23.9 Å². The first-order valence-corrected chi connectivity index (χ1v) is 35.3. The van der Waals surface area contributed by atoms with Gasteiger partial charge in [0.25, 0.3) is 43.0 Å². The van der Waals surface area contributed by atoms with Crippen LogP contribution in [0.3, 0.4) is 0 Å². The zero-order valence-corrected chi connectivity index (χ0v) is 57.6. The molecule has 0 fully saturated rings. The molecule has 11 aromatic rings. The quantitative estimate of drug-likeness (QED) is 0.0620. The molecule has 0 radical (unpaired) electrons. The van der Waals surface area contributed by atoms with Crippen LogP contribution in [0.5, 0.6) is 46.0 Å². The number of thiophene rings is 1. The van der Waals surface area contributed by atoms with Gasteiger partial charge >= 0.3 is 5.97 Å². The van der Waals surface area contributed by atoms with E-state index in [0.29, 0.717) is 114 Å². The van der Waals surface area contributed by atoms with Crippen molar-refractivity contribution in [3.63, 3.8) is 0 Å². The number of hydrogen-bond acceptors (Lipinski definition) is 22. The largest absolute Gasteiger partial charge is 0.496 e. The third kappa shape index (κ3) is 14.3. The molecule has 3 aliphatic rings. The highest BCUT2D eigenvalue weighted by Gasteiger charge is 2.33. The third-order valence-electron chi connectivity index (χ3n) is 16.1. The highest BCUT2D eigenvalue weighted by molar-refractivity contribution is 7.93. The monoisotopic (exact) mass is 1430 g/mol. The number of benzene rings is 7. The van der Waals surface area contributed by atoms with Crippen LogP contribution < -0.4 is 63.8 Å². The van der Waals surface area contributed by atoms with Crippen LogP contribution in [0, 0.1) is 20.8 Å². The molecular weight excluding hydrogens is 1370 g/mol. The summed E-state index contributed by atoms with van der Waals surface area (Å²) < 4.78 is 111. The van der Waals surface area contributed by atoms with Crippen molar-refractivity contribution in [2.45, 2.75) is 69.8 Å². The number of methoxy groups -OCH3 is 1. The molecule has 7 heterocycles. The molecule has 2 amide bonds. The SMILES string of the molecule is CCOc1ccc2c(c1)c(-c1ccc3c(c1)OCO3)c(C(=O)O)c(=O)n2Cc1ccccc1OC.Cc1cc(C)c(=O)n(C(C(=O)NS(=O)(=O)c2ccc(C(C)C)cc2)c2ccc3c(c2)OCO3)n1.Cc1cc2c(cc1NC(=O)c1sccc1S(=O)(=O)Nc1ccc3nsnc3c1)OCO2. The molecule has 0 bridgehead atoms. The average molecular weight is 1430 g/mol. The van der Waals surface area contributed by atoms with Crippen molar-refractivity contribution in [1.29, 1.82) is 0 Å². The van der Waals surface area contributed by atoms with E-state index in [4.69, 9.17) is 37.9 Å². The van der Waals surface area contributed by atoms with E-state index >= 15 is 0 Å². The molecule has 0 saturated heterocycles. The summed E-state index contributed by atoms with van der Waals surface area (Å²) in [5, 5.41) is 19.3. The highest BCUT2D eigenvalue weighted by Crippen LogP contribution is 2.42. The number of amides is 2. The number of aryl methyl sites for hydroxylation is 3. The Kier molecular flexibility index (Phi) is 19.6. The maximum atomic E-state index is 13.7. The van der Waals surface area contributed by atoms with Crippen molar-refractivity contribution >= 4 is 94.2 Å². The van der Waals surface area contributed by atoms with Crippen molar-refractivity contribution in [1.82, 2.24) is 27.8 Å². The van der Waals surface area contributed by atoms with Gasteiger partial charge in [-0.2, -0.15) is 13.8 Å². The van der Waals surface area contributed by atoms with Crippen LogP contribution in [-0.4, -0.2) is 96.9 Å². The Morgan fingerprint density at radius 2 is 1.34 bits per heavy atom. The van der Waals surface area contributed by atoms with Crippen molar-refractivity contribution in [2.24, 2.45) is 0 Å². The molecule has 7 aromatic carbocycles. The lowest BCUT2D eigenvalue weighted by Gasteiger charge is -2.20. The second-order valence-electron chi connectivity index (χ2n) is 23.0. The third-order valence-corrected chi connectivity index (χ3v) is 20.5. The first-order chi connectivity index (χ1) is 48.0. The van der Waals surface area contributed by atoms with Crippen LogP contribution in [0.15, 0.2) is 170 Å². The maximum Gasteiger partial charge on any atom is 0.342 e. The number of aromatic carboxylic acids is 1. The minimum atomic E-state index is -4.21. The number of nitrogens with zero attached hydrogens (tertiary/aromatic N) is 5. The normalized spacial score (nSPS) is 12.8. The van der Waals surface area contributed by atoms with Crippen LogP contribution in [0.25, 0.3) is 33.1 Å². The topological polar surface area (TPSA) is 332 Å². The summed E-state index contributed by atoms with van der Waals surface area (Å²) in [6.45, 7) is 11.8. The van der Waals surface area contributed by atoms with E-state index in [2.05, 4.69) is 28.6 Å². The van der Waals surface area contributed by atoms with Gasteiger partial charge in [0.2, 0.25) is 20.4 Å². The van der Waals surface area contributed by atoms with E-state index in [0.717, 1.165) is 44.4 Å². The van der Waals surface area contributed by atoms with Crippen molar-refractivity contribution in [3.8, 4) is 57.1 Å². The number of carbonyl (C=O) groups excluding carboxylic acids is 2. The zero-order valence-electron chi connectivity index (χ0n) is 54.4. The Morgan fingerprint density at radius 3 is 2.04 bits per heavy atom. The molecule has 26 nitrogen and oxygen atoms in total. The molecule has 100 heavy (non-hydrogen) atoms. The number of para-hydroxylation sites is 1. The zero-order chi connectivity index (χ0) is 70.7. The number of anilines is 2. The number of carboxylic acid groups (broad SMARTS) is 1. The summed E-state index contributed by atoms with van der Waals surface area (Å²) in [5.74, 6) is 1.69. The fourth-order valence-corrected chi connectivity index (χ4v) is 15.1. The summed E-state index contributed by atoms with van der Waals surface area (Å²) in [7, 11) is -6.65. The van der Waals surface area contributed by atoms with Crippen molar-refractivity contribution < 1.29 is 74.2 Å². The number of hydrogen-bond donors (Lipinski definition) is 4. The number of nitrogens with one attached hydrogen (secondary N) is 3. The number of aromatic nitrogens is 5. The predicted molar refractivity (Wildman–Crippen MR) is 372 cm³/mol. The van der Waals surface area contributed by atoms with Gasteiger partial charge in [-0.15, -0.1) is 11.3 Å². The molecule has 1 atom stereocenters. The van der Waals surface area contributed by atoms with Gasteiger partial charge in [-0.05, 0) is 158 Å². The van der Waals surface area contributed by atoms with Gasteiger partial charge < -0.3 is 52.9 Å². The molecule has 0 saturated carbocycles. The molecule has 14 rings (SSSR count). The summed E-state index contributed by atoms with van der Waals surface area (Å²) in [6.07, 6.45) is 0. The number of carbonyl (C=O) groups is 3. The standard InChI is InChI=1S/C27H23NO7.C24H25N3O6S.C19H14N4O5S3/c1-3-33-18-9-10-20-19(13-18)24(16-8-11-22-23(12-16)35-15-34-22)25(27(30)31)26(29)28(20)14-17-6-4-5-7-21(17)32-2;1-14(2)17-5-8-19(9-6-17)34(30,31)26-23(28)22(27-24(29)15(3)11-16(4)25-27)18-7-10-20-21(12-18)33-13-32-20;1-10-6-15-16(28-9-27-15)8-13(10)20-19(24)18-17(4-5-29-18)31(25,26)23-11-2-3-12-14(7-11)22-30-21-12/h4-13H,3,14-15H2,1-2H3,(H,30,31);5-12,14,22H,13H2,1-4H3,(H,26,28);2-8,23H,9H2,1H3,(H,20,24). The van der Waals surface area contributed by atoms with Crippen molar-refractivity contribution in [2.75, 3.05) is 44.1 Å². The Balaban J connectivity index is 0.000000142. The van der Waals surface area contributed by atoms with E-state index in [-0.39, 0.29) is 53.1 Å². The van der Waals surface area contributed by atoms with E-state index in [1.165, 1.54) is 22.8 Å². The number of ether oxygens (including phenoxy) is 8. The summed E-state index contributed by atoms with van der Waals surface area (Å²) in [6, 6.07) is 38.7. The Labute approximate surface area is 579 Å². The van der Waals surface area contributed by atoms with E-state index in [1.807, 2.05) is 45.9 Å². The Hall–Kier alpha value is -11.3. The number of sulfonamides is 2. The van der Waals surface area contributed by atoms with Gasteiger partial charge in [0.05, 0.1) is 53.8 Å². The lowest BCUT2D eigenvalue weighted by atomic mass is 9.95. The minimum Gasteiger partial charge on any atom is -0.496 e. The molecule has 4 aromatic heterocycles. The van der Waals surface area contributed by atoms with Crippen LogP contribution >= 0.6 is 23.1 Å². The fourth-order valence-electron chi connectivity index (χ4n) is 11.2.